The van der Waals surface area contributed by atoms with Crippen molar-refractivity contribution in [3.05, 3.63) is 248 Å². The van der Waals surface area contributed by atoms with Crippen molar-refractivity contribution >= 4 is 54.8 Å². The molecule has 14 aromatic rings. The molecule has 0 radical (unpaired) electrons. The summed E-state index contributed by atoms with van der Waals surface area (Å²) < 4.78 is 64.3. The van der Waals surface area contributed by atoms with Crippen LogP contribution in [0.1, 0.15) is 33.2 Å². The summed E-state index contributed by atoms with van der Waals surface area (Å²) in [6.45, 7) is 6.61. The van der Waals surface area contributed by atoms with Crippen LogP contribution >= 0.6 is 0 Å². The molecule has 4 aromatic heterocycles. The maximum Gasteiger partial charge on any atom is 0.268 e. The van der Waals surface area contributed by atoms with Crippen LogP contribution in [0.5, 0.6) is 11.5 Å². The van der Waals surface area contributed by atoms with Gasteiger partial charge in [0.15, 0.2) is 0 Å². The predicted molar refractivity (Wildman–Crippen MR) is 307 cm³/mol. The van der Waals surface area contributed by atoms with Crippen molar-refractivity contribution in [2.75, 3.05) is 0 Å². The van der Waals surface area contributed by atoms with Gasteiger partial charge in [0.25, 0.3) is 6.33 Å². The molecule has 0 amide bonds. The molecule has 0 aliphatic carbocycles. The smallest absolute Gasteiger partial charge is 0.268 e. The molecule has 6 nitrogen and oxygen atoms in total. The van der Waals surface area contributed by atoms with Crippen LogP contribution in [0.25, 0.3) is 128 Å². The third-order valence-corrected chi connectivity index (χ3v) is 14.8. The average Bonchev–Trinajstić information content (AvgIpc) is 4.22. The molecule has 0 bridgehead atoms. The number of nitrogens with zero attached hydrogens (tertiary/aromatic N) is 4. The van der Waals surface area contributed by atoms with Crippen molar-refractivity contribution in [1.82, 2.24) is 14.1 Å². The third-order valence-electron chi connectivity index (χ3n) is 14.8. The van der Waals surface area contributed by atoms with Gasteiger partial charge in [0, 0.05) is 55.1 Å². The van der Waals surface area contributed by atoms with Gasteiger partial charge in [0.05, 0.1) is 23.6 Å². The van der Waals surface area contributed by atoms with Gasteiger partial charge in [-0.2, -0.15) is 18.2 Å². The number of furan rings is 1. The summed E-state index contributed by atoms with van der Waals surface area (Å²) in [7, 11) is 0. The van der Waals surface area contributed by atoms with E-state index in [0.717, 1.165) is 105 Å². The normalized spacial score (nSPS) is 12.9. The Morgan fingerprint density at radius 2 is 1.22 bits per heavy atom. The van der Waals surface area contributed by atoms with Crippen LogP contribution in [-0.4, -0.2) is 14.1 Å². The number of aromatic nitrogens is 4. The van der Waals surface area contributed by atoms with Gasteiger partial charge in [-0.25, -0.2) is 4.98 Å². The van der Waals surface area contributed by atoms with Crippen molar-refractivity contribution < 1.29 is 41.6 Å². The van der Waals surface area contributed by atoms with Crippen LogP contribution in [0.3, 0.4) is 0 Å². The Bertz CT molecular complexity index is 4970. The predicted octanol–water partition coefficient (Wildman–Crippen LogP) is 17.4. The number of hydrogen-bond donors (Lipinski definition) is 0. The summed E-state index contributed by atoms with van der Waals surface area (Å²) >= 11 is 0. The molecule has 1 aliphatic heterocycles. The van der Waals surface area contributed by atoms with Gasteiger partial charge in [0.1, 0.15) is 17.0 Å². The zero-order valence-electron chi connectivity index (χ0n) is 46.9. The maximum atomic E-state index is 9.33. The van der Waals surface area contributed by atoms with E-state index in [2.05, 4.69) is 151 Å². The minimum atomic E-state index is -0.450. The van der Waals surface area contributed by atoms with E-state index in [-0.39, 0.29) is 44.1 Å². The molecule has 0 unspecified atom stereocenters. The Morgan fingerprint density at radius 1 is 0.545 bits per heavy atom. The second-order valence-corrected chi connectivity index (χ2v) is 20.3. The molecule has 0 spiro atoms. The minimum absolute atomic E-state index is 0. The van der Waals surface area contributed by atoms with E-state index in [1.807, 2.05) is 95.7 Å². The SMILES string of the molecule is [2H]c1c([2H])c([2H])c(-c2cccc3c2-c2cccc4c2[n+]([c-]n4-c2[c-]c(Oc4[c-]c5c(cc4)c4ccccc4n5-c4cc(C(C)(C)C)ccn4)ccc2)-c2c(-c4ccc5oc6ccccc6c5c4)cccc2-c2ccccc2-3)c([2H])c1[2H].[Pt]. The van der Waals surface area contributed by atoms with Crippen molar-refractivity contribution in [2.24, 2.45) is 0 Å². The Hall–Kier alpha value is -9.09. The average molecular weight is 1180 g/mol. The Morgan fingerprint density at radius 3 is 2.08 bits per heavy atom. The Balaban J connectivity index is 0.00000602. The molecule has 1 aliphatic rings. The van der Waals surface area contributed by atoms with E-state index >= 15 is 0 Å². The van der Waals surface area contributed by atoms with Crippen LogP contribution in [0.2, 0.25) is 0 Å². The second-order valence-electron chi connectivity index (χ2n) is 20.3. The molecular weight excluding hydrogens is 1120 g/mol. The zero-order valence-corrected chi connectivity index (χ0v) is 44.2. The van der Waals surface area contributed by atoms with Gasteiger partial charge in [-0.1, -0.05) is 178 Å². The van der Waals surface area contributed by atoms with Crippen LogP contribution in [0.15, 0.2) is 229 Å². The number of ether oxygens (including phenoxy) is 1. The molecule has 0 saturated carbocycles. The summed E-state index contributed by atoms with van der Waals surface area (Å²) in [5, 5.41) is 4.12. The number of rotatable bonds is 6. The van der Waals surface area contributed by atoms with Gasteiger partial charge in [-0.3, -0.25) is 4.57 Å². The van der Waals surface area contributed by atoms with E-state index in [1.165, 1.54) is 5.56 Å². The molecular formula is C70H46N4O2Pt-2. The molecule has 5 heterocycles. The first-order chi connectivity index (χ1) is 39.4. The van der Waals surface area contributed by atoms with Crippen molar-refractivity contribution in [1.29, 1.82) is 0 Å². The topological polar surface area (TPSA) is 49.0 Å². The van der Waals surface area contributed by atoms with E-state index in [0.29, 0.717) is 28.3 Å². The van der Waals surface area contributed by atoms with Gasteiger partial charge in [-0.05, 0) is 114 Å². The maximum absolute atomic E-state index is 9.33. The zero-order chi connectivity index (χ0) is 55.0. The minimum Gasteiger partial charge on any atom is -0.510 e. The molecule has 0 fully saturated rings. The molecule has 7 heteroatoms. The molecule has 0 saturated heterocycles. The monoisotopic (exact) mass is 1170 g/mol. The van der Waals surface area contributed by atoms with Gasteiger partial charge >= 0.3 is 0 Å². The van der Waals surface area contributed by atoms with Gasteiger partial charge < -0.3 is 18.3 Å². The fraction of sp³-hybridized carbons (Fsp3) is 0.0571. The van der Waals surface area contributed by atoms with Gasteiger partial charge in [0.2, 0.25) is 0 Å². The number of hydrogen-bond acceptors (Lipinski definition) is 3. The summed E-state index contributed by atoms with van der Waals surface area (Å²) in [5.74, 6) is 1.76. The summed E-state index contributed by atoms with van der Waals surface area (Å²) in [6, 6.07) is 68.8. The molecule has 10 aromatic carbocycles. The Labute approximate surface area is 467 Å². The quantitative estimate of drug-likeness (QED) is 0.123. The third kappa shape index (κ3) is 7.50. The van der Waals surface area contributed by atoms with Crippen LogP contribution in [0.4, 0.5) is 0 Å². The molecule has 0 atom stereocenters. The fourth-order valence-electron chi connectivity index (χ4n) is 11.4. The fourth-order valence-corrected chi connectivity index (χ4v) is 11.4. The largest absolute Gasteiger partial charge is 0.510 e. The van der Waals surface area contributed by atoms with E-state index in [1.54, 1.807) is 0 Å². The molecule has 370 valence electrons. The van der Waals surface area contributed by atoms with E-state index in [9.17, 15) is 2.74 Å². The number of pyridine rings is 1. The second kappa shape index (κ2) is 18.0. The summed E-state index contributed by atoms with van der Waals surface area (Å²) in [5.41, 5.74) is 15.2. The molecule has 15 rings (SSSR count). The standard InChI is InChI=1S/C70H46N4O2.Pt/c1-70(2,3)46-37-38-71-66(40-46)74-61-30-11-9-23-54(61)55-35-34-49(42-63(55)74)75-48-20-13-19-47(41-48)72-43-73-68-51(45-33-36-65-60(39-45)56-24-10-12-32-64(56)76-65)26-15-28-58(68)53-22-8-7-21-52(53)57-27-14-25-50(44-17-5-4-6-18-44)67(57)59-29-16-31-62(72)69(59)73;/h4-40H,1-3H3;/q-2;/i4D,5D,6D,17D,18D;. The van der Waals surface area contributed by atoms with Crippen LogP contribution in [-0.2, 0) is 26.5 Å². The van der Waals surface area contributed by atoms with E-state index < -0.39 is 18.1 Å². The number of para-hydroxylation sites is 4. The van der Waals surface area contributed by atoms with Crippen LogP contribution < -0.4 is 9.30 Å². The number of benzene rings is 10. The molecule has 77 heavy (non-hydrogen) atoms. The summed E-state index contributed by atoms with van der Waals surface area (Å²) in [4.78, 5) is 4.88. The first-order valence-corrected chi connectivity index (χ1v) is 25.4. The van der Waals surface area contributed by atoms with Crippen molar-refractivity contribution in [3.63, 3.8) is 0 Å². The van der Waals surface area contributed by atoms with Crippen LogP contribution in [0, 0.1) is 18.5 Å². The number of imidazole rings is 1. The molecule has 0 N–H and O–H groups in total. The summed E-state index contributed by atoms with van der Waals surface area (Å²) in [6.07, 6.45) is 5.73. The van der Waals surface area contributed by atoms with Gasteiger partial charge in [-0.15, -0.1) is 29.7 Å². The van der Waals surface area contributed by atoms with Crippen molar-refractivity contribution in [3.8, 4) is 84.3 Å². The first-order valence-electron chi connectivity index (χ1n) is 27.9. The van der Waals surface area contributed by atoms with Crippen molar-refractivity contribution in [2.45, 2.75) is 26.2 Å². The number of fused-ring (bicyclic) bond motifs is 13. The van der Waals surface area contributed by atoms with E-state index in [4.69, 9.17) is 18.3 Å². The first kappa shape index (κ1) is 41.2. The Kier molecular flexibility index (Phi) is 9.65.